The topological polar surface area (TPSA) is 46.2 Å². The van der Waals surface area contributed by atoms with Crippen LogP contribution in [0.5, 0.6) is 0 Å². The van der Waals surface area contributed by atoms with Crippen LogP contribution in [-0.4, -0.2) is 8.42 Å². The van der Waals surface area contributed by atoms with Crippen LogP contribution >= 0.6 is 15.9 Å². The lowest BCUT2D eigenvalue weighted by atomic mass is 10.0. The number of halogens is 1. The van der Waals surface area contributed by atoms with Crippen molar-refractivity contribution in [3.8, 4) is 0 Å². The van der Waals surface area contributed by atoms with Crippen molar-refractivity contribution in [2.45, 2.75) is 20.8 Å². The van der Waals surface area contributed by atoms with Crippen molar-refractivity contribution < 1.29 is 8.42 Å². The van der Waals surface area contributed by atoms with Crippen LogP contribution in [0.1, 0.15) is 22.3 Å². The molecule has 0 amide bonds. The zero-order valence-electron chi connectivity index (χ0n) is 12.7. The minimum absolute atomic E-state index is 0.533. The number of sulfonamides is 1. The van der Waals surface area contributed by atoms with Gasteiger partial charge in [-0.1, -0.05) is 33.6 Å². The lowest BCUT2D eigenvalue weighted by Crippen LogP contribution is -2.08. The fraction of sp³-hybridized carbons (Fsp3) is 0.176. The fourth-order valence-corrected chi connectivity index (χ4v) is 3.44. The molecule has 0 saturated carbocycles. The highest BCUT2D eigenvalue weighted by Gasteiger charge is 2.07. The Kier molecular flexibility index (Phi) is 5.08. The summed E-state index contributed by atoms with van der Waals surface area (Å²) in [6, 6.07) is 11.1. The van der Waals surface area contributed by atoms with Crippen LogP contribution in [0.15, 0.2) is 46.3 Å². The number of hydrogen-bond acceptors (Lipinski definition) is 2. The molecule has 22 heavy (non-hydrogen) atoms. The first kappa shape index (κ1) is 16.8. The standard InChI is InChI=1S/C17H18BrNO2S/c1-12-10-13(2)17(14(3)11-12)8-9-22(20,21)19-16-6-4-15(18)5-7-16/h4-11,19H,1-3H3. The zero-order chi connectivity index (χ0) is 16.3. The van der Waals surface area contributed by atoms with Gasteiger partial charge in [0.25, 0.3) is 10.0 Å². The molecule has 0 aliphatic rings. The van der Waals surface area contributed by atoms with Gasteiger partial charge in [0, 0.05) is 10.2 Å². The molecule has 0 atom stereocenters. The smallest absolute Gasteiger partial charge is 0.255 e. The van der Waals surface area contributed by atoms with Gasteiger partial charge >= 0.3 is 0 Å². The van der Waals surface area contributed by atoms with Crippen LogP contribution in [0.3, 0.4) is 0 Å². The molecule has 0 spiro atoms. The van der Waals surface area contributed by atoms with Gasteiger partial charge in [0.1, 0.15) is 0 Å². The summed E-state index contributed by atoms with van der Waals surface area (Å²) >= 11 is 3.32. The third-order valence-corrected chi connectivity index (χ3v) is 4.80. The maximum absolute atomic E-state index is 12.1. The first-order valence-electron chi connectivity index (χ1n) is 6.81. The summed E-state index contributed by atoms with van der Waals surface area (Å²) in [5.41, 5.74) is 4.76. The molecule has 1 N–H and O–H groups in total. The molecule has 0 aromatic heterocycles. The average molecular weight is 380 g/mol. The van der Waals surface area contributed by atoms with Crippen molar-refractivity contribution in [3.05, 3.63) is 68.5 Å². The predicted molar refractivity (Wildman–Crippen MR) is 96.4 cm³/mol. The highest BCUT2D eigenvalue weighted by atomic mass is 79.9. The fourth-order valence-electron chi connectivity index (χ4n) is 2.33. The Morgan fingerprint density at radius 1 is 1.00 bits per heavy atom. The van der Waals surface area contributed by atoms with E-state index in [4.69, 9.17) is 0 Å². The molecular formula is C17H18BrNO2S. The number of anilines is 1. The quantitative estimate of drug-likeness (QED) is 0.829. The Morgan fingerprint density at radius 2 is 1.55 bits per heavy atom. The molecule has 0 radical (unpaired) electrons. The summed E-state index contributed by atoms with van der Waals surface area (Å²) in [5.74, 6) is 0. The Hall–Kier alpha value is -1.59. The number of benzene rings is 2. The SMILES string of the molecule is Cc1cc(C)c(C=CS(=O)(=O)Nc2ccc(Br)cc2)c(C)c1. The summed E-state index contributed by atoms with van der Waals surface area (Å²) in [6.07, 6.45) is 1.64. The maximum Gasteiger partial charge on any atom is 0.255 e. The number of nitrogens with one attached hydrogen (secondary N) is 1. The van der Waals surface area contributed by atoms with Gasteiger partial charge in [-0.15, -0.1) is 0 Å². The molecule has 0 saturated heterocycles. The Morgan fingerprint density at radius 3 is 2.09 bits per heavy atom. The van der Waals surface area contributed by atoms with Gasteiger partial charge in [-0.05, 0) is 67.8 Å². The monoisotopic (exact) mass is 379 g/mol. The molecular weight excluding hydrogens is 362 g/mol. The minimum atomic E-state index is -3.54. The zero-order valence-corrected chi connectivity index (χ0v) is 15.1. The van der Waals surface area contributed by atoms with Crippen LogP contribution in [0.25, 0.3) is 6.08 Å². The highest BCUT2D eigenvalue weighted by Crippen LogP contribution is 2.19. The van der Waals surface area contributed by atoms with E-state index in [1.54, 1.807) is 30.3 Å². The third-order valence-electron chi connectivity index (χ3n) is 3.26. The van der Waals surface area contributed by atoms with Crippen LogP contribution in [0.2, 0.25) is 0 Å². The van der Waals surface area contributed by atoms with E-state index >= 15 is 0 Å². The predicted octanol–water partition coefficient (Wildman–Crippen LogP) is 4.79. The van der Waals surface area contributed by atoms with E-state index in [1.807, 2.05) is 32.9 Å². The summed E-state index contributed by atoms with van der Waals surface area (Å²) < 4.78 is 27.7. The summed E-state index contributed by atoms with van der Waals surface area (Å²) in [7, 11) is -3.54. The van der Waals surface area contributed by atoms with Crippen LogP contribution in [-0.2, 0) is 10.0 Å². The van der Waals surface area contributed by atoms with E-state index in [9.17, 15) is 8.42 Å². The van der Waals surface area contributed by atoms with Gasteiger partial charge in [0.2, 0.25) is 0 Å². The molecule has 3 nitrogen and oxygen atoms in total. The molecule has 2 aromatic carbocycles. The third kappa shape index (κ3) is 4.45. The molecule has 0 heterocycles. The number of rotatable bonds is 4. The molecule has 2 aromatic rings. The van der Waals surface area contributed by atoms with E-state index in [0.717, 1.165) is 21.2 Å². The lowest BCUT2D eigenvalue weighted by Gasteiger charge is -2.08. The summed E-state index contributed by atoms with van der Waals surface area (Å²) in [4.78, 5) is 0. The van der Waals surface area contributed by atoms with E-state index in [1.165, 1.54) is 11.0 Å². The number of aryl methyl sites for hydroxylation is 3. The van der Waals surface area contributed by atoms with Crippen molar-refractivity contribution >= 4 is 37.7 Å². The average Bonchev–Trinajstić information content (AvgIpc) is 2.40. The molecule has 0 unspecified atom stereocenters. The second-order valence-corrected chi connectivity index (χ2v) is 7.75. The molecule has 0 fully saturated rings. The second kappa shape index (κ2) is 6.67. The molecule has 0 aliphatic heterocycles. The van der Waals surface area contributed by atoms with Gasteiger partial charge in [-0.3, -0.25) is 4.72 Å². The van der Waals surface area contributed by atoms with Crippen molar-refractivity contribution in [1.82, 2.24) is 0 Å². The second-order valence-electron chi connectivity index (χ2n) is 5.27. The summed E-state index contributed by atoms with van der Waals surface area (Å²) in [6.45, 7) is 5.99. The maximum atomic E-state index is 12.1. The van der Waals surface area contributed by atoms with Crippen LogP contribution < -0.4 is 4.72 Å². The minimum Gasteiger partial charge on any atom is -0.280 e. The highest BCUT2D eigenvalue weighted by molar-refractivity contribution is 9.10. The lowest BCUT2D eigenvalue weighted by molar-refractivity contribution is 0.609. The first-order chi connectivity index (χ1) is 10.3. The van der Waals surface area contributed by atoms with Gasteiger partial charge in [-0.2, -0.15) is 0 Å². The molecule has 0 bridgehead atoms. The van der Waals surface area contributed by atoms with Gasteiger partial charge in [0.05, 0.1) is 5.41 Å². The molecule has 0 aliphatic carbocycles. The molecule has 2 rings (SSSR count). The van der Waals surface area contributed by atoms with E-state index in [-0.39, 0.29) is 0 Å². The van der Waals surface area contributed by atoms with Crippen molar-refractivity contribution in [3.63, 3.8) is 0 Å². The molecule has 116 valence electrons. The number of hydrogen-bond donors (Lipinski definition) is 1. The van der Waals surface area contributed by atoms with E-state index < -0.39 is 10.0 Å². The van der Waals surface area contributed by atoms with Crippen molar-refractivity contribution in [1.29, 1.82) is 0 Å². The van der Waals surface area contributed by atoms with Crippen LogP contribution in [0.4, 0.5) is 5.69 Å². The Bertz CT molecular complexity index is 786. The van der Waals surface area contributed by atoms with E-state index in [0.29, 0.717) is 5.69 Å². The van der Waals surface area contributed by atoms with Gasteiger partial charge < -0.3 is 0 Å². The Balaban J connectivity index is 2.23. The van der Waals surface area contributed by atoms with Gasteiger partial charge in [-0.25, -0.2) is 8.42 Å². The van der Waals surface area contributed by atoms with Crippen molar-refractivity contribution in [2.75, 3.05) is 4.72 Å². The van der Waals surface area contributed by atoms with E-state index in [2.05, 4.69) is 20.7 Å². The van der Waals surface area contributed by atoms with Gasteiger partial charge in [0.15, 0.2) is 0 Å². The molecule has 5 heteroatoms. The van der Waals surface area contributed by atoms with Crippen LogP contribution in [0, 0.1) is 20.8 Å². The summed E-state index contributed by atoms with van der Waals surface area (Å²) in [5, 5.41) is 1.21. The normalized spacial score (nSPS) is 11.8. The largest absolute Gasteiger partial charge is 0.280 e. The Labute approximate surface area is 140 Å². The first-order valence-corrected chi connectivity index (χ1v) is 9.15. The van der Waals surface area contributed by atoms with Crippen molar-refractivity contribution in [2.24, 2.45) is 0 Å².